The Morgan fingerprint density at radius 3 is 2.38 bits per heavy atom. The first kappa shape index (κ1) is 11.2. The molecule has 0 N–H and O–H groups in total. The maximum absolute atomic E-state index is 14.2. The molecule has 0 saturated heterocycles. The van der Waals surface area contributed by atoms with E-state index in [1.54, 1.807) is 19.1 Å². The molecule has 1 aliphatic rings. The van der Waals surface area contributed by atoms with E-state index >= 15 is 0 Å². The van der Waals surface area contributed by atoms with Gasteiger partial charge in [-0.1, -0.05) is 17.7 Å². The molecule has 1 aromatic rings. The van der Waals surface area contributed by atoms with Gasteiger partial charge >= 0.3 is 0 Å². The molecule has 1 aromatic carbocycles. The van der Waals surface area contributed by atoms with Crippen LogP contribution < -0.4 is 0 Å². The van der Waals surface area contributed by atoms with E-state index in [2.05, 4.69) is 4.99 Å². The van der Waals surface area contributed by atoms with E-state index in [-0.39, 0.29) is 5.56 Å². The van der Waals surface area contributed by atoms with Crippen LogP contribution in [0.1, 0.15) is 37.5 Å². The van der Waals surface area contributed by atoms with Gasteiger partial charge in [0.2, 0.25) is 0 Å². The van der Waals surface area contributed by atoms with Crippen molar-refractivity contribution in [1.82, 2.24) is 0 Å². The Hall–Kier alpha value is -1.25. The summed E-state index contributed by atoms with van der Waals surface area (Å²) in [4.78, 5) is 4.11. The first-order chi connectivity index (χ1) is 7.25. The zero-order valence-electron chi connectivity index (χ0n) is 9.94. The van der Waals surface area contributed by atoms with Crippen LogP contribution in [0.3, 0.4) is 0 Å². The molecule has 16 heavy (non-hydrogen) atoms. The van der Waals surface area contributed by atoms with E-state index in [1.165, 1.54) is 13.8 Å². The number of fused-ring (bicyclic) bond motifs is 1. The van der Waals surface area contributed by atoms with Crippen LogP contribution in [0.5, 0.6) is 0 Å². The molecular formula is C13H15F2N. The van der Waals surface area contributed by atoms with Crippen LogP contribution in [-0.4, -0.2) is 11.3 Å². The number of aliphatic imine (C=N–C) groups is 1. The fraction of sp³-hybridized carbons (Fsp3) is 0.462. The smallest absolute Gasteiger partial charge is 0.277 e. The number of alkyl halides is 2. The van der Waals surface area contributed by atoms with Gasteiger partial charge in [0.05, 0.1) is 0 Å². The second-order valence-corrected chi connectivity index (χ2v) is 4.88. The van der Waals surface area contributed by atoms with Gasteiger partial charge in [0, 0.05) is 16.8 Å². The standard InChI is InChI=1S/C13H15F2N/c1-8-5-6-10-9(2)16-12(3,4)13(14,15)11(10)7-8/h5-7H,1-4H3. The number of halogens is 2. The van der Waals surface area contributed by atoms with Gasteiger partial charge in [-0.25, -0.2) is 0 Å². The molecule has 0 aromatic heterocycles. The van der Waals surface area contributed by atoms with E-state index in [0.717, 1.165) is 5.56 Å². The SMILES string of the molecule is CC1=NC(C)(C)C(F)(F)c2cc(C)ccc21. The lowest BCUT2D eigenvalue weighted by molar-refractivity contribution is -0.0683. The third-order valence-corrected chi connectivity index (χ3v) is 3.12. The molecule has 0 saturated carbocycles. The second-order valence-electron chi connectivity index (χ2n) is 4.88. The summed E-state index contributed by atoms with van der Waals surface area (Å²) in [7, 11) is 0. The molecule has 0 bridgehead atoms. The first-order valence-corrected chi connectivity index (χ1v) is 5.31. The zero-order chi connectivity index (χ0) is 12.1. The minimum Gasteiger partial charge on any atom is -0.277 e. The Kier molecular flexibility index (Phi) is 2.19. The summed E-state index contributed by atoms with van der Waals surface area (Å²) < 4.78 is 28.4. The van der Waals surface area contributed by atoms with E-state index in [4.69, 9.17) is 0 Å². The van der Waals surface area contributed by atoms with Crippen molar-refractivity contribution in [3.05, 3.63) is 34.9 Å². The number of hydrogen-bond acceptors (Lipinski definition) is 1. The Morgan fingerprint density at radius 2 is 1.75 bits per heavy atom. The van der Waals surface area contributed by atoms with Crippen LogP contribution in [0, 0.1) is 6.92 Å². The van der Waals surface area contributed by atoms with E-state index < -0.39 is 11.5 Å². The summed E-state index contributed by atoms with van der Waals surface area (Å²) in [6, 6.07) is 5.13. The quantitative estimate of drug-likeness (QED) is 0.636. The third kappa shape index (κ3) is 1.38. The molecule has 1 aliphatic heterocycles. The minimum atomic E-state index is -2.91. The van der Waals surface area contributed by atoms with Crippen molar-refractivity contribution < 1.29 is 8.78 Å². The summed E-state index contributed by atoms with van der Waals surface area (Å²) in [5.74, 6) is -2.91. The van der Waals surface area contributed by atoms with Crippen molar-refractivity contribution in [2.45, 2.75) is 39.2 Å². The highest BCUT2D eigenvalue weighted by Gasteiger charge is 2.51. The third-order valence-electron chi connectivity index (χ3n) is 3.12. The van der Waals surface area contributed by atoms with E-state index in [0.29, 0.717) is 11.3 Å². The Morgan fingerprint density at radius 1 is 1.12 bits per heavy atom. The molecule has 0 radical (unpaired) electrons. The summed E-state index contributed by atoms with van der Waals surface area (Å²) >= 11 is 0. The Balaban J connectivity index is 2.75. The molecule has 0 unspecified atom stereocenters. The molecule has 1 heterocycles. The fourth-order valence-electron chi connectivity index (χ4n) is 2.11. The molecule has 2 rings (SSSR count). The van der Waals surface area contributed by atoms with Crippen LogP contribution in [0.25, 0.3) is 0 Å². The molecule has 0 amide bonds. The Labute approximate surface area is 94.2 Å². The topological polar surface area (TPSA) is 12.4 Å². The molecule has 86 valence electrons. The number of aryl methyl sites for hydroxylation is 1. The Bertz CT molecular complexity index is 473. The fourth-order valence-corrected chi connectivity index (χ4v) is 2.11. The van der Waals surface area contributed by atoms with E-state index in [9.17, 15) is 8.78 Å². The average molecular weight is 223 g/mol. The van der Waals surface area contributed by atoms with Crippen molar-refractivity contribution in [2.75, 3.05) is 0 Å². The lowest BCUT2D eigenvalue weighted by Crippen LogP contribution is -2.43. The van der Waals surface area contributed by atoms with Crippen LogP contribution >= 0.6 is 0 Å². The van der Waals surface area contributed by atoms with Gasteiger partial charge in [0.15, 0.2) is 0 Å². The predicted octanol–water partition coefficient (Wildman–Crippen LogP) is 3.69. The number of hydrogen-bond donors (Lipinski definition) is 0. The monoisotopic (exact) mass is 223 g/mol. The zero-order valence-corrected chi connectivity index (χ0v) is 9.94. The molecule has 0 atom stereocenters. The average Bonchev–Trinajstić information content (AvgIpc) is 2.14. The summed E-state index contributed by atoms with van der Waals surface area (Å²) in [5.41, 5.74) is 0.840. The summed E-state index contributed by atoms with van der Waals surface area (Å²) in [6.45, 7) is 6.55. The van der Waals surface area contributed by atoms with Crippen LogP contribution in [0.4, 0.5) is 8.78 Å². The molecule has 0 spiro atoms. The highest BCUT2D eigenvalue weighted by molar-refractivity contribution is 6.01. The van der Waals surface area contributed by atoms with E-state index in [1.807, 2.05) is 13.0 Å². The van der Waals surface area contributed by atoms with Crippen molar-refractivity contribution in [1.29, 1.82) is 0 Å². The van der Waals surface area contributed by atoms with Gasteiger partial charge in [-0.05, 0) is 33.8 Å². The molecule has 0 fully saturated rings. The maximum Gasteiger partial charge on any atom is 0.297 e. The van der Waals surface area contributed by atoms with Gasteiger partial charge in [0.1, 0.15) is 5.54 Å². The lowest BCUT2D eigenvalue weighted by Gasteiger charge is -2.36. The largest absolute Gasteiger partial charge is 0.297 e. The second kappa shape index (κ2) is 3.12. The van der Waals surface area contributed by atoms with Gasteiger partial charge in [0.25, 0.3) is 5.92 Å². The van der Waals surface area contributed by atoms with Crippen molar-refractivity contribution in [2.24, 2.45) is 4.99 Å². The normalized spacial score (nSPS) is 21.2. The highest BCUT2D eigenvalue weighted by Crippen LogP contribution is 2.46. The first-order valence-electron chi connectivity index (χ1n) is 5.31. The lowest BCUT2D eigenvalue weighted by atomic mass is 9.82. The number of nitrogens with zero attached hydrogens (tertiary/aromatic N) is 1. The minimum absolute atomic E-state index is 0.102. The van der Waals surface area contributed by atoms with Gasteiger partial charge in [-0.3, -0.25) is 4.99 Å². The molecule has 3 heteroatoms. The summed E-state index contributed by atoms with van der Waals surface area (Å²) in [6.07, 6.45) is 0. The van der Waals surface area contributed by atoms with Crippen LogP contribution in [0.15, 0.2) is 23.2 Å². The molecule has 1 nitrogen and oxygen atoms in total. The van der Waals surface area contributed by atoms with Crippen molar-refractivity contribution in [3.8, 4) is 0 Å². The highest BCUT2D eigenvalue weighted by atomic mass is 19.3. The number of rotatable bonds is 0. The number of benzene rings is 1. The molecular weight excluding hydrogens is 208 g/mol. The van der Waals surface area contributed by atoms with Gasteiger partial charge < -0.3 is 0 Å². The maximum atomic E-state index is 14.2. The van der Waals surface area contributed by atoms with Crippen molar-refractivity contribution >= 4 is 5.71 Å². The van der Waals surface area contributed by atoms with Crippen LogP contribution in [-0.2, 0) is 5.92 Å². The molecule has 0 aliphatic carbocycles. The van der Waals surface area contributed by atoms with Gasteiger partial charge in [-0.2, -0.15) is 8.78 Å². The van der Waals surface area contributed by atoms with Crippen LogP contribution in [0.2, 0.25) is 0 Å². The van der Waals surface area contributed by atoms with Gasteiger partial charge in [-0.15, -0.1) is 0 Å². The predicted molar refractivity (Wildman–Crippen MR) is 61.4 cm³/mol. The van der Waals surface area contributed by atoms with Crippen molar-refractivity contribution in [3.63, 3.8) is 0 Å². The summed E-state index contributed by atoms with van der Waals surface area (Å²) in [5, 5.41) is 0.